The van der Waals surface area contributed by atoms with Gasteiger partial charge in [0, 0.05) is 12.0 Å². The maximum atomic E-state index is 12.8. The molecule has 11 heteroatoms. The van der Waals surface area contributed by atoms with Crippen molar-refractivity contribution in [3.05, 3.63) is 50.6 Å². The number of aryl methyl sites for hydroxylation is 1. The van der Waals surface area contributed by atoms with Gasteiger partial charge in [0.1, 0.15) is 11.8 Å². The molecule has 0 aliphatic carbocycles. The number of fused-ring (bicyclic) bond motifs is 2. The molecule has 0 radical (unpaired) electrons. The number of hydrogen-bond donors (Lipinski definition) is 0. The number of aromatic nitrogens is 4. The van der Waals surface area contributed by atoms with Gasteiger partial charge in [-0.25, -0.2) is 9.59 Å². The Morgan fingerprint density at radius 3 is 2.83 bits per heavy atom. The number of carbonyl (C=O) groups excluding carboxylic acids is 1. The molecule has 1 unspecified atom stereocenters. The molecule has 0 saturated carbocycles. The number of nitrogens with zero attached hydrogens (tertiary/aromatic N) is 5. The second-order valence-electron chi connectivity index (χ2n) is 7.17. The van der Waals surface area contributed by atoms with Gasteiger partial charge in [-0.15, -0.1) is 0 Å². The lowest BCUT2D eigenvalue weighted by atomic mass is 10.1. The quantitative estimate of drug-likeness (QED) is 0.360. The van der Waals surface area contributed by atoms with Crippen LogP contribution in [-0.4, -0.2) is 41.8 Å². The van der Waals surface area contributed by atoms with E-state index in [1.165, 1.54) is 15.3 Å². The van der Waals surface area contributed by atoms with Gasteiger partial charge in [0.2, 0.25) is 0 Å². The van der Waals surface area contributed by atoms with Gasteiger partial charge in [0.05, 0.1) is 36.3 Å². The molecule has 1 aromatic carbocycles. The lowest BCUT2D eigenvalue weighted by Crippen LogP contribution is -2.40. The van der Waals surface area contributed by atoms with E-state index in [-0.39, 0.29) is 30.7 Å². The molecule has 1 aliphatic heterocycles. The topological polar surface area (TPSA) is 123 Å². The highest BCUT2D eigenvalue weighted by atomic mass is 16.6. The van der Waals surface area contributed by atoms with E-state index in [9.17, 15) is 19.7 Å². The van der Waals surface area contributed by atoms with Gasteiger partial charge < -0.3 is 19.6 Å². The SMILES string of the molecule is CCOC(=O)c1ccc2c(c1)n(CC1(C)Cn3cc([N+](=O)[O-])nc3O1)c(=O)n2C. The zero-order valence-corrected chi connectivity index (χ0v) is 16.1. The van der Waals surface area contributed by atoms with Crippen LogP contribution < -0.4 is 10.4 Å². The Hall–Kier alpha value is -3.63. The zero-order chi connectivity index (χ0) is 20.9. The Morgan fingerprint density at radius 2 is 2.17 bits per heavy atom. The Bertz CT molecular complexity index is 1180. The third kappa shape index (κ3) is 3.04. The smallest absolute Gasteiger partial charge is 0.415 e. The Labute approximate surface area is 164 Å². The molecule has 4 rings (SSSR count). The first-order valence-corrected chi connectivity index (χ1v) is 8.99. The molecule has 0 amide bonds. The van der Waals surface area contributed by atoms with Crippen LogP contribution in [0, 0.1) is 10.1 Å². The molecular weight excluding hydrogens is 382 g/mol. The fourth-order valence-corrected chi connectivity index (χ4v) is 3.60. The lowest BCUT2D eigenvalue weighted by molar-refractivity contribution is -0.389. The molecule has 1 aliphatic rings. The number of rotatable bonds is 5. The van der Waals surface area contributed by atoms with Crippen LogP contribution in [0.1, 0.15) is 24.2 Å². The highest BCUT2D eigenvalue weighted by Gasteiger charge is 2.41. The van der Waals surface area contributed by atoms with Crippen LogP contribution in [0.4, 0.5) is 5.82 Å². The third-order valence-corrected chi connectivity index (χ3v) is 4.91. The summed E-state index contributed by atoms with van der Waals surface area (Å²) in [5.41, 5.74) is 0.484. The largest absolute Gasteiger partial charge is 0.462 e. The normalized spacial score (nSPS) is 17.9. The van der Waals surface area contributed by atoms with Crippen LogP contribution in [-0.2, 0) is 24.9 Å². The standard InChI is InChI=1S/C18H19N5O6/c1-4-28-15(24)11-5-6-12-13(7-11)22(17(25)20(12)3)10-18(2)9-21-8-14(23(26)27)19-16(21)29-18/h5-8H,4,9-10H2,1-3H3. The van der Waals surface area contributed by atoms with Crippen molar-refractivity contribution in [2.45, 2.75) is 32.5 Å². The predicted molar refractivity (Wildman–Crippen MR) is 101 cm³/mol. The van der Waals surface area contributed by atoms with Crippen molar-refractivity contribution in [2.24, 2.45) is 7.05 Å². The van der Waals surface area contributed by atoms with E-state index >= 15 is 0 Å². The van der Waals surface area contributed by atoms with E-state index in [1.807, 2.05) is 0 Å². The number of benzene rings is 1. The van der Waals surface area contributed by atoms with Gasteiger partial charge in [0.25, 0.3) is 0 Å². The molecule has 11 nitrogen and oxygen atoms in total. The second-order valence-corrected chi connectivity index (χ2v) is 7.17. The fourth-order valence-electron chi connectivity index (χ4n) is 3.60. The molecule has 0 N–H and O–H groups in total. The summed E-state index contributed by atoms with van der Waals surface area (Å²) < 4.78 is 15.5. The summed E-state index contributed by atoms with van der Waals surface area (Å²) in [4.78, 5) is 39.1. The lowest BCUT2D eigenvalue weighted by Gasteiger charge is -2.22. The summed E-state index contributed by atoms with van der Waals surface area (Å²) >= 11 is 0. The third-order valence-electron chi connectivity index (χ3n) is 4.91. The van der Waals surface area contributed by atoms with Crippen molar-refractivity contribution >= 4 is 22.8 Å². The van der Waals surface area contributed by atoms with Gasteiger partial charge in [-0.2, -0.15) is 0 Å². The number of imidazole rings is 2. The molecule has 152 valence electrons. The van der Waals surface area contributed by atoms with Crippen LogP contribution in [0.25, 0.3) is 11.0 Å². The van der Waals surface area contributed by atoms with E-state index in [0.29, 0.717) is 23.1 Å². The maximum Gasteiger partial charge on any atom is 0.415 e. The summed E-state index contributed by atoms with van der Waals surface area (Å²) in [7, 11) is 1.65. The zero-order valence-electron chi connectivity index (χ0n) is 16.1. The van der Waals surface area contributed by atoms with Crippen molar-refractivity contribution in [3.63, 3.8) is 0 Å². The number of ether oxygens (including phenoxy) is 2. The number of carbonyl (C=O) groups is 1. The molecular formula is C18H19N5O6. The Balaban J connectivity index is 1.70. The minimum Gasteiger partial charge on any atom is -0.462 e. The number of hydrogen-bond acceptors (Lipinski definition) is 7. The summed E-state index contributed by atoms with van der Waals surface area (Å²) in [5.74, 6) is -0.753. The van der Waals surface area contributed by atoms with Crippen LogP contribution >= 0.6 is 0 Å². The Kier molecular flexibility index (Phi) is 4.17. The molecule has 1 atom stereocenters. The molecule has 29 heavy (non-hydrogen) atoms. The first-order valence-electron chi connectivity index (χ1n) is 8.99. The van der Waals surface area contributed by atoms with E-state index < -0.39 is 16.5 Å². The summed E-state index contributed by atoms with van der Waals surface area (Å²) in [5, 5.41) is 10.9. The van der Waals surface area contributed by atoms with Crippen LogP contribution in [0.5, 0.6) is 6.01 Å². The van der Waals surface area contributed by atoms with Crippen molar-refractivity contribution in [1.29, 1.82) is 0 Å². The predicted octanol–water partition coefficient (Wildman–Crippen LogP) is 1.47. The highest BCUT2D eigenvalue weighted by molar-refractivity contribution is 5.93. The van der Waals surface area contributed by atoms with Crippen molar-refractivity contribution in [3.8, 4) is 6.01 Å². The van der Waals surface area contributed by atoms with E-state index in [0.717, 1.165) is 0 Å². The minimum atomic E-state index is -0.838. The first kappa shape index (κ1) is 18.7. The molecule has 0 saturated heterocycles. The first-order chi connectivity index (χ1) is 13.7. The average molecular weight is 401 g/mol. The summed E-state index contributed by atoms with van der Waals surface area (Å²) in [6.07, 6.45) is 1.31. The molecule has 0 bridgehead atoms. The van der Waals surface area contributed by atoms with Crippen LogP contribution in [0.2, 0.25) is 0 Å². The summed E-state index contributed by atoms with van der Waals surface area (Å²) in [6.45, 7) is 4.24. The fraction of sp³-hybridized carbons (Fsp3) is 0.389. The van der Waals surface area contributed by atoms with Crippen molar-refractivity contribution in [2.75, 3.05) is 6.61 Å². The van der Waals surface area contributed by atoms with Crippen molar-refractivity contribution < 1.29 is 19.2 Å². The molecule has 2 aromatic heterocycles. The second kappa shape index (κ2) is 6.47. The Morgan fingerprint density at radius 1 is 1.41 bits per heavy atom. The number of nitro groups is 1. The van der Waals surface area contributed by atoms with Gasteiger partial charge >= 0.3 is 23.5 Å². The molecule has 0 fully saturated rings. The van der Waals surface area contributed by atoms with Gasteiger partial charge in [-0.05, 0) is 37.0 Å². The monoisotopic (exact) mass is 401 g/mol. The van der Waals surface area contributed by atoms with Gasteiger partial charge in [0.15, 0.2) is 0 Å². The molecule has 3 aromatic rings. The maximum absolute atomic E-state index is 12.8. The number of esters is 1. The average Bonchev–Trinajstić information content (AvgIpc) is 3.26. The summed E-state index contributed by atoms with van der Waals surface area (Å²) in [6, 6.07) is 5.08. The highest BCUT2D eigenvalue weighted by Crippen LogP contribution is 2.32. The van der Waals surface area contributed by atoms with Gasteiger partial charge in [-0.3, -0.25) is 13.7 Å². The van der Waals surface area contributed by atoms with E-state index in [1.54, 1.807) is 43.7 Å². The van der Waals surface area contributed by atoms with E-state index in [4.69, 9.17) is 9.47 Å². The van der Waals surface area contributed by atoms with Crippen LogP contribution in [0.3, 0.4) is 0 Å². The minimum absolute atomic E-state index is 0.139. The van der Waals surface area contributed by atoms with E-state index in [2.05, 4.69) is 4.98 Å². The molecule has 0 spiro atoms. The molecule has 3 heterocycles. The van der Waals surface area contributed by atoms with Crippen LogP contribution in [0.15, 0.2) is 29.2 Å². The van der Waals surface area contributed by atoms with Crippen molar-refractivity contribution in [1.82, 2.24) is 18.7 Å². The van der Waals surface area contributed by atoms with Gasteiger partial charge in [-0.1, -0.05) is 0 Å².